The maximum absolute atomic E-state index is 12.4. The first-order valence-electron chi connectivity index (χ1n) is 7.83. The molecule has 1 aliphatic rings. The van der Waals surface area contributed by atoms with Gasteiger partial charge < -0.3 is 15.2 Å². The predicted molar refractivity (Wildman–Crippen MR) is 92.0 cm³/mol. The average Bonchev–Trinajstić information content (AvgIpc) is 3.03. The van der Waals surface area contributed by atoms with Crippen molar-refractivity contribution < 1.29 is 14.2 Å². The number of nitro benzene ring substituents is 1. The van der Waals surface area contributed by atoms with Crippen LogP contribution in [0.2, 0.25) is 0 Å². The topological polar surface area (TPSA) is 116 Å². The van der Waals surface area contributed by atoms with E-state index in [1.54, 1.807) is 24.8 Å². The van der Waals surface area contributed by atoms with Gasteiger partial charge in [0.1, 0.15) is 5.69 Å². The first-order chi connectivity index (χ1) is 11.9. The van der Waals surface area contributed by atoms with Crippen LogP contribution >= 0.6 is 0 Å². The van der Waals surface area contributed by atoms with E-state index in [9.17, 15) is 14.9 Å². The Labute approximate surface area is 144 Å². The monoisotopic (exact) mass is 342 g/mol. The van der Waals surface area contributed by atoms with Crippen LogP contribution in [0.3, 0.4) is 0 Å². The minimum Gasteiger partial charge on any atom is -0.393 e. The summed E-state index contributed by atoms with van der Waals surface area (Å²) < 4.78 is 5.01. The van der Waals surface area contributed by atoms with E-state index in [0.29, 0.717) is 30.8 Å². The number of anilines is 1. The van der Waals surface area contributed by atoms with Crippen LogP contribution in [0.15, 0.2) is 28.8 Å². The molecule has 2 aromatic rings. The molecule has 1 amide bonds. The van der Waals surface area contributed by atoms with Crippen LogP contribution in [0.1, 0.15) is 33.8 Å². The largest absolute Gasteiger partial charge is 0.393 e. The molecule has 1 aromatic heterocycles. The molecule has 0 bridgehead atoms. The Kier molecular flexibility index (Phi) is 4.26. The highest BCUT2D eigenvalue weighted by molar-refractivity contribution is 5.92. The Morgan fingerprint density at radius 2 is 2.12 bits per heavy atom. The number of benzene rings is 1. The number of carbonyl (C=O) groups excluding carboxylic acids is 1. The van der Waals surface area contributed by atoms with Crippen molar-refractivity contribution in [2.24, 2.45) is 0 Å². The van der Waals surface area contributed by atoms with E-state index in [4.69, 9.17) is 10.3 Å². The Bertz CT molecular complexity index is 885. The molecule has 25 heavy (non-hydrogen) atoms. The van der Waals surface area contributed by atoms with Gasteiger partial charge in [0.25, 0.3) is 11.6 Å². The van der Waals surface area contributed by atoms with Gasteiger partial charge in [-0.2, -0.15) is 0 Å². The summed E-state index contributed by atoms with van der Waals surface area (Å²) in [5, 5.41) is 14.9. The zero-order chi connectivity index (χ0) is 18.1. The molecular weight excluding hydrogens is 324 g/mol. The molecule has 1 aromatic carbocycles. The van der Waals surface area contributed by atoms with Gasteiger partial charge in [-0.25, -0.2) is 0 Å². The highest BCUT2D eigenvalue weighted by atomic mass is 16.6. The molecule has 0 saturated heterocycles. The van der Waals surface area contributed by atoms with Crippen molar-refractivity contribution in [3.8, 4) is 0 Å². The molecule has 2 N–H and O–H groups in total. The molecule has 8 nitrogen and oxygen atoms in total. The number of carbonyl (C=O) groups is 1. The highest BCUT2D eigenvalue weighted by Crippen LogP contribution is 2.32. The molecule has 0 spiro atoms. The molecule has 3 rings (SSSR count). The van der Waals surface area contributed by atoms with E-state index < -0.39 is 4.92 Å². The molecule has 130 valence electrons. The minimum absolute atomic E-state index is 0.0912. The van der Waals surface area contributed by atoms with Gasteiger partial charge in [0.15, 0.2) is 0 Å². The molecule has 2 heterocycles. The lowest BCUT2D eigenvalue weighted by atomic mass is 9.96. The SMILES string of the molecule is Cc1cc(C(=O)N2CC=C(c3cc(C)c(N)c([N+](=O)[O-])c3)CC2)on1. The standard InChI is InChI=1S/C17H18N4O4/c1-10-7-13(9-14(16(10)18)21(23)24)12-3-5-20(6-4-12)17(22)15-8-11(2)19-25-15/h3,7-9H,4-6,18H2,1-2H3. The van der Waals surface area contributed by atoms with Gasteiger partial charge in [-0.15, -0.1) is 0 Å². The maximum Gasteiger partial charge on any atom is 0.292 e. The zero-order valence-corrected chi connectivity index (χ0v) is 14.0. The van der Waals surface area contributed by atoms with Crippen LogP contribution in [0, 0.1) is 24.0 Å². The van der Waals surface area contributed by atoms with Crippen molar-refractivity contribution in [2.75, 3.05) is 18.8 Å². The number of nitro groups is 1. The minimum atomic E-state index is -0.475. The lowest BCUT2D eigenvalue weighted by Crippen LogP contribution is -2.34. The lowest BCUT2D eigenvalue weighted by Gasteiger charge is -2.25. The van der Waals surface area contributed by atoms with Gasteiger partial charge >= 0.3 is 0 Å². The third-order valence-corrected chi connectivity index (χ3v) is 4.27. The normalized spacial score (nSPS) is 14.3. The fourth-order valence-corrected chi connectivity index (χ4v) is 2.85. The van der Waals surface area contributed by atoms with Gasteiger partial charge in [0, 0.05) is 25.2 Å². The molecule has 0 atom stereocenters. The van der Waals surface area contributed by atoms with Crippen LogP contribution in [0.25, 0.3) is 5.57 Å². The molecule has 1 aliphatic heterocycles. The summed E-state index contributed by atoms with van der Waals surface area (Å²) in [5.41, 5.74) is 8.92. The van der Waals surface area contributed by atoms with Crippen molar-refractivity contribution in [1.82, 2.24) is 10.1 Å². The fraction of sp³-hybridized carbons (Fsp3) is 0.294. The Hall–Kier alpha value is -3.16. The van der Waals surface area contributed by atoms with E-state index in [1.165, 1.54) is 6.07 Å². The number of hydrogen-bond donors (Lipinski definition) is 1. The Morgan fingerprint density at radius 3 is 2.68 bits per heavy atom. The summed E-state index contributed by atoms with van der Waals surface area (Å²) in [6, 6.07) is 4.94. The van der Waals surface area contributed by atoms with E-state index in [1.807, 2.05) is 12.1 Å². The first-order valence-corrected chi connectivity index (χ1v) is 7.83. The molecule has 0 saturated carbocycles. The van der Waals surface area contributed by atoms with Crippen molar-refractivity contribution in [1.29, 1.82) is 0 Å². The van der Waals surface area contributed by atoms with Gasteiger partial charge in [0.05, 0.1) is 10.6 Å². The summed E-state index contributed by atoms with van der Waals surface area (Å²) in [6.07, 6.45) is 2.50. The third-order valence-electron chi connectivity index (χ3n) is 4.27. The molecule has 0 unspecified atom stereocenters. The molecule has 8 heteroatoms. The summed E-state index contributed by atoms with van der Waals surface area (Å²) in [4.78, 5) is 24.7. The van der Waals surface area contributed by atoms with Crippen molar-refractivity contribution in [2.45, 2.75) is 20.3 Å². The summed E-state index contributed by atoms with van der Waals surface area (Å²) >= 11 is 0. The second-order valence-electron chi connectivity index (χ2n) is 6.05. The summed E-state index contributed by atoms with van der Waals surface area (Å²) in [7, 11) is 0. The third kappa shape index (κ3) is 3.23. The number of aryl methyl sites for hydroxylation is 2. The van der Waals surface area contributed by atoms with Crippen molar-refractivity contribution >= 4 is 22.9 Å². The fourth-order valence-electron chi connectivity index (χ4n) is 2.85. The van der Waals surface area contributed by atoms with Gasteiger partial charge in [-0.05, 0) is 43.0 Å². The lowest BCUT2D eigenvalue weighted by molar-refractivity contribution is -0.383. The summed E-state index contributed by atoms with van der Waals surface area (Å²) in [6.45, 7) is 4.41. The maximum atomic E-state index is 12.4. The van der Waals surface area contributed by atoms with Crippen LogP contribution < -0.4 is 5.73 Å². The van der Waals surface area contributed by atoms with Crippen LogP contribution in [-0.4, -0.2) is 34.0 Å². The van der Waals surface area contributed by atoms with E-state index in [-0.39, 0.29) is 23.0 Å². The first kappa shape index (κ1) is 16.7. The highest BCUT2D eigenvalue weighted by Gasteiger charge is 2.24. The number of amides is 1. The van der Waals surface area contributed by atoms with E-state index in [0.717, 1.165) is 11.1 Å². The number of aromatic nitrogens is 1. The van der Waals surface area contributed by atoms with Crippen molar-refractivity contribution in [3.63, 3.8) is 0 Å². The summed E-state index contributed by atoms with van der Waals surface area (Å²) in [5.74, 6) is 0.00341. The van der Waals surface area contributed by atoms with Crippen LogP contribution in [0.4, 0.5) is 11.4 Å². The number of nitrogen functional groups attached to an aromatic ring is 1. The Morgan fingerprint density at radius 1 is 1.36 bits per heavy atom. The number of nitrogens with zero attached hydrogens (tertiary/aromatic N) is 3. The molecular formula is C17H18N4O4. The number of hydrogen-bond acceptors (Lipinski definition) is 6. The van der Waals surface area contributed by atoms with Gasteiger partial charge in [0.2, 0.25) is 5.76 Å². The average molecular weight is 342 g/mol. The van der Waals surface area contributed by atoms with Gasteiger partial charge in [-0.3, -0.25) is 14.9 Å². The van der Waals surface area contributed by atoms with Crippen LogP contribution in [0.5, 0.6) is 0 Å². The molecule has 0 radical (unpaired) electrons. The number of rotatable bonds is 3. The zero-order valence-electron chi connectivity index (χ0n) is 14.0. The number of nitrogens with two attached hydrogens (primary N) is 1. The van der Waals surface area contributed by atoms with Gasteiger partial charge in [-0.1, -0.05) is 11.2 Å². The molecule has 0 fully saturated rings. The quantitative estimate of drug-likeness (QED) is 0.521. The molecule has 0 aliphatic carbocycles. The predicted octanol–water partition coefficient (Wildman–Crippen LogP) is 2.71. The Balaban J connectivity index is 1.81. The second kappa shape index (κ2) is 6.39. The van der Waals surface area contributed by atoms with Crippen molar-refractivity contribution in [3.05, 3.63) is 57.0 Å². The van der Waals surface area contributed by atoms with E-state index >= 15 is 0 Å². The van der Waals surface area contributed by atoms with Crippen LogP contribution in [-0.2, 0) is 0 Å². The van der Waals surface area contributed by atoms with E-state index in [2.05, 4.69) is 5.16 Å². The smallest absolute Gasteiger partial charge is 0.292 e. The second-order valence-corrected chi connectivity index (χ2v) is 6.05.